The summed E-state index contributed by atoms with van der Waals surface area (Å²) in [5, 5.41) is 2.05. The molecule has 1 aliphatic rings. The van der Waals surface area contributed by atoms with E-state index in [4.69, 9.17) is 4.42 Å². The number of nitrogens with zero attached hydrogens (tertiary/aromatic N) is 4. The zero-order valence-electron chi connectivity index (χ0n) is 22.1. The van der Waals surface area contributed by atoms with E-state index < -0.39 is 0 Å². The molecule has 6 heteroatoms. The molecule has 0 bridgehead atoms. The molecule has 1 aliphatic heterocycles. The van der Waals surface area contributed by atoms with Gasteiger partial charge < -0.3 is 9.40 Å². The molecule has 0 saturated carbocycles. The summed E-state index contributed by atoms with van der Waals surface area (Å²) >= 11 is 0. The third-order valence-electron chi connectivity index (χ3n) is 6.76. The Morgan fingerprint density at radius 2 is 1.67 bits per heavy atom. The van der Waals surface area contributed by atoms with Crippen LogP contribution in [0.25, 0.3) is 33.3 Å². The molecular weight excluding hydrogens is 661 g/mol. The normalized spacial score (nSPS) is 11.8. The van der Waals surface area contributed by atoms with Gasteiger partial charge in [-0.05, 0) is 37.2 Å². The van der Waals surface area contributed by atoms with Crippen LogP contribution in [0.15, 0.2) is 89.6 Å². The van der Waals surface area contributed by atoms with Crippen molar-refractivity contribution in [3.63, 3.8) is 0 Å². The summed E-state index contributed by atoms with van der Waals surface area (Å²) in [6, 6.07) is 34.2. The van der Waals surface area contributed by atoms with E-state index in [-0.39, 0.29) is 20.1 Å². The number of fused-ring (bicyclic) bond motifs is 4. The van der Waals surface area contributed by atoms with Crippen LogP contribution in [-0.2, 0) is 20.1 Å². The van der Waals surface area contributed by atoms with Crippen molar-refractivity contribution in [3.8, 4) is 11.3 Å². The smallest absolute Gasteiger partial charge is 0.494 e. The number of aryl methyl sites for hydroxylation is 3. The Kier molecular flexibility index (Phi) is 7.36. The van der Waals surface area contributed by atoms with Crippen LogP contribution < -0.4 is 4.58 Å². The quantitative estimate of drug-likeness (QED) is 0.140. The maximum atomic E-state index is 6.00. The first-order valence-electron chi connectivity index (χ1n) is 12.5. The number of furan rings is 1. The van der Waals surface area contributed by atoms with Gasteiger partial charge >= 0.3 is 6.01 Å². The van der Waals surface area contributed by atoms with Crippen molar-refractivity contribution < 1.29 is 29.1 Å². The first-order valence-corrected chi connectivity index (χ1v) is 12.5. The van der Waals surface area contributed by atoms with E-state index in [2.05, 4.69) is 79.2 Å². The number of pyridine rings is 2. The van der Waals surface area contributed by atoms with E-state index in [9.17, 15) is 0 Å². The number of hydrogen-bond donors (Lipinski definition) is 0. The molecule has 0 atom stereocenters. The van der Waals surface area contributed by atoms with Crippen molar-refractivity contribution in [3.05, 3.63) is 114 Å². The summed E-state index contributed by atoms with van der Waals surface area (Å²) in [4.78, 5) is 8.72. The average molecular weight is 687 g/mol. The fourth-order valence-corrected chi connectivity index (χ4v) is 4.53. The van der Waals surface area contributed by atoms with Crippen LogP contribution in [0, 0.1) is 32.9 Å². The summed E-state index contributed by atoms with van der Waals surface area (Å²) in [5.41, 5.74) is 10.2. The second kappa shape index (κ2) is 10.9. The molecule has 4 heterocycles. The van der Waals surface area contributed by atoms with Crippen LogP contribution in [0.1, 0.15) is 16.7 Å². The summed E-state index contributed by atoms with van der Waals surface area (Å²) in [6.45, 7) is 6.24. The fraction of sp³-hybridized carbons (Fsp3) is 0.121. The molecule has 0 saturated heterocycles. The van der Waals surface area contributed by atoms with Gasteiger partial charge in [-0.15, -0.1) is 41.5 Å². The van der Waals surface area contributed by atoms with E-state index in [0.29, 0.717) is 5.71 Å². The van der Waals surface area contributed by atoms with Crippen LogP contribution in [0.4, 0.5) is 17.1 Å². The maximum absolute atomic E-state index is 6.00. The second-order valence-electron chi connectivity index (χ2n) is 9.44. The van der Waals surface area contributed by atoms with E-state index >= 15 is 0 Å². The molecular formula is C33H26IrN4O. The Hall–Kier alpha value is -4.21. The molecule has 0 spiro atoms. The molecule has 0 amide bonds. The standard InChI is InChI=1S/C19H12N3O.C14H14N.Ir/c1-21-12-22(16-9-3-2-8-15(16)21)17-10-4-6-13-14-7-5-11-20-19(14)23-18(13)17;1-10-4-6-13(7-5-10)14-8-11(2)12(3)9-15-14;/h2-9,11H,1H3;4-6,8-9H,1-3H3;/q+1;-1;. The molecule has 0 N–H and O–H groups in total. The average Bonchev–Trinajstić information content (AvgIpc) is 3.49. The van der Waals surface area contributed by atoms with Gasteiger partial charge in [0.2, 0.25) is 5.71 Å². The third kappa shape index (κ3) is 4.98. The molecule has 6 aromatic rings. The Morgan fingerprint density at radius 3 is 2.44 bits per heavy atom. The third-order valence-corrected chi connectivity index (χ3v) is 6.76. The van der Waals surface area contributed by atoms with Crippen LogP contribution in [0.2, 0.25) is 0 Å². The van der Waals surface area contributed by atoms with Gasteiger partial charge in [-0.2, -0.15) is 12.1 Å². The van der Waals surface area contributed by atoms with Crippen LogP contribution in [0.3, 0.4) is 0 Å². The number of hydrogen-bond acceptors (Lipinski definition) is 3. The van der Waals surface area contributed by atoms with Crippen LogP contribution >= 0.6 is 0 Å². The van der Waals surface area contributed by atoms with Crippen molar-refractivity contribution in [2.45, 2.75) is 20.8 Å². The zero-order chi connectivity index (χ0) is 26.2. The minimum atomic E-state index is 0. The second-order valence-corrected chi connectivity index (χ2v) is 9.44. The molecule has 193 valence electrons. The van der Waals surface area contributed by atoms with Crippen LogP contribution in [0.5, 0.6) is 0 Å². The first kappa shape index (κ1) is 26.4. The molecule has 0 aliphatic carbocycles. The molecule has 0 fully saturated rings. The SMILES string of the molecule is C[N+]1=C=[N+](c2[c-]ccc3c2oc2ncccc23)c2ccccc21.Cc1c[c-]c(-c2cc(C)c(C)cn2)cc1.[Ir]. The summed E-state index contributed by atoms with van der Waals surface area (Å²) < 4.78 is 9.96. The van der Waals surface area contributed by atoms with Gasteiger partial charge in [-0.25, -0.2) is 4.98 Å². The van der Waals surface area contributed by atoms with Gasteiger partial charge in [0.1, 0.15) is 0 Å². The largest absolute Gasteiger partial charge is 0.495 e. The number of rotatable bonds is 2. The Morgan fingerprint density at radius 1 is 0.846 bits per heavy atom. The molecule has 0 unspecified atom stereocenters. The van der Waals surface area contributed by atoms with Crippen molar-refractivity contribution >= 4 is 45.1 Å². The van der Waals surface area contributed by atoms with E-state index in [0.717, 1.165) is 44.7 Å². The topological polar surface area (TPSA) is 44.9 Å². The van der Waals surface area contributed by atoms with Gasteiger partial charge in [-0.1, -0.05) is 45.2 Å². The Labute approximate surface area is 241 Å². The Balaban J connectivity index is 0.000000169. The van der Waals surface area contributed by atoms with Gasteiger partial charge in [0.05, 0.1) is 5.58 Å². The van der Waals surface area contributed by atoms with E-state index in [1.54, 1.807) is 6.20 Å². The zero-order valence-corrected chi connectivity index (χ0v) is 24.5. The van der Waals surface area contributed by atoms with E-state index in [1.165, 1.54) is 16.7 Å². The number of benzene rings is 3. The van der Waals surface area contributed by atoms with Crippen molar-refractivity contribution in [1.82, 2.24) is 14.5 Å². The molecule has 3 aromatic heterocycles. The summed E-state index contributed by atoms with van der Waals surface area (Å²) in [5.74, 6) is 0. The number of aromatic nitrogens is 2. The minimum Gasteiger partial charge on any atom is -0.495 e. The predicted molar refractivity (Wildman–Crippen MR) is 152 cm³/mol. The van der Waals surface area contributed by atoms with Crippen molar-refractivity contribution in [2.24, 2.45) is 0 Å². The summed E-state index contributed by atoms with van der Waals surface area (Å²) in [7, 11) is 1.99. The molecule has 39 heavy (non-hydrogen) atoms. The molecule has 3 aromatic carbocycles. The molecule has 7 rings (SSSR count). The van der Waals surface area contributed by atoms with Crippen molar-refractivity contribution in [1.29, 1.82) is 0 Å². The van der Waals surface area contributed by atoms with Gasteiger partial charge in [0.15, 0.2) is 12.7 Å². The van der Waals surface area contributed by atoms with Crippen molar-refractivity contribution in [2.75, 3.05) is 7.05 Å². The fourth-order valence-electron chi connectivity index (χ4n) is 4.53. The molecule has 5 nitrogen and oxygen atoms in total. The monoisotopic (exact) mass is 687 g/mol. The van der Waals surface area contributed by atoms with Gasteiger partial charge in [0.25, 0.3) is 11.4 Å². The molecule has 1 radical (unpaired) electrons. The maximum Gasteiger partial charge on any atom is 0.494 e. The van der Waals surface area contributed by atoms with Crippen LogP contribution in [-0.4, -0.2) is 27.6 Å². The predicted octanol–water partition coefficient (Wildman–Crippen LogP) is 7.55. The Bertz CT molecular complexity index is 1900. The van der Waals surface area contributed by atoms with E-state index in [1.807, 2.05) is 64.9 Å². The minimum absolute atomic E-state index is 0. The summed E-state index contributed by atoms with van der Waals surface area (Å²) in [6.07, 6.45) is 3.66. The van der Waals surface area contributed by atoms with Gasteiger partial charge in [0, 0.05) is 50.0 Å². The number of para-hydroxylation sites is 2. The first-order chi connectivity index (χ1) is 18.5. The van der Waals surface area contributed by atoms with Gasteiger partial charge in [-0.3, -0.25) is 0 Å².